The summed E-state index contributed by atoms with van der Waals surface area (Å²) in [6.07, 6.45) is 3.79. The fourth-order valence-corrected chi connectivity index (χ4v) is 2.53. The summed E-state index contributed by atoms with van der Waals surface area (Å²) in [5, 5.41) is 2.81. The summed E-state index contributed by atoms with van der Waals surface area (Å²) in [7, 11) is 0. The molecule has 1 fully saturated rings. The molecule has 1 aliphatic rings. The third kappa shape index (κ3) is 4.18. The quantitative estimate of drug-likeness (QED) is 0.825. The molecule has 2 aromatic rings. The first-order chi connectivity index (χ1) is 11.3. The van der Waals surface area contributed by atoms with Crippen LogP contribution >= 0.6 is 0 Å². The molecule has 0 atom stereocenters. The Hall–Kier alpha value is -2.63. The molecule has 0 aliphatic carbocycles. The van der Waals surface area contributed by atoms with Crippen LogP contribution in [-0.4, -0.2) is 42.1 Å². The molecule has 0 unspecified atom stereocenters. The van der Waals surface area contributed by atoms with E-state index in [1.807, 2.05) is 30.3 Å². The number of ether oxygens (including phenoxy) is 1. The number of rotatable bonds is 6. The smallest absolute Gasteiger partial charge is 0.270 e. The maximum absolute atomic E-state index is 12.1. The maximum Gasteiger partial charge on any atom is 0.270 e. The van der Waals surface area contributed by atoms with Gasteiger partial charge in [0.1, 0.15) is 30.2 Å². The van der Waals surface area contributed by atoms with Crippen LogP contribution in [0, 0.1) is 0 Å². The second-order valence-corrected chi connectivity index (χ2v) is 5.37. The molecule has 1 N–H and O–H groups in total. The number of nitrogens with zero attached hydrogens (tertiary/aromatic N) is 3. The first kappa shape index (κ1) is 15.3. The second-order valence-electron chi connectivity index (χ2n) is 5.37. The number of benzene rings is 1. The van der Waals surface area contributed by atoms with Crippen molar-refractivity contribution in [1.82, 2.24) is 15.3 Å². The van der Waals surface area contributed by atoms with Crippen LogP contribution in [0.2, 0.25) is 0 Å². The van der Waals surface area contributed by atoms with Crippen molar-refractivity contribution in [2.24, 2.45) is 0 Å². The Morgan fingerprint density at radius 1 is 1.17 bits per heavy atom. The summed E-state index contributed by atoms with van der Waals surface area (Å²) >= 11 is 0. The van der Waals surface area contributed by atoms with Crippen LogP contribution in [0.25, 0.3) is 0 Å². The van der Waals surface area contributed by atoms with Crippen molar-refractivity contribution in [2.45, 2.75) is 12.8 Å². The number of hydrogen-bond donors (Lipinski definition) is 1. The number of aromatic nitrogens is 2. The third-order valence-electron chi connectivity index (χ3n) is 3.71. The number of nitrogens with one attached hydrogen (secondary N) is 1. The van der Waals surface area contributed by atoms with Crippen molar-refractivity contribution in [1.29, 1.82) is 0 Å². The summed E-state index contributed by atoms with van der Waals surface area (Å²) in [6.45, 7) is 2.82. The predicted molar refractivity (Wildman–Crippen MR) is 87.7 cm³/mol. The van der Waals surface area contributed by atoms with Crippen molar-refractivity contribution in [3.05, 3.63) is 48.4 Å². The fraction of sp³-hybridized carbons (Fsp3) is 0.353. The molecule has 1 saturated heterocycles. The summed E-state index contributed by atoms with van der Waals surface area (Å²) in [5.74, 6) is 1.41. The summed E-state index contributed by atoms with van der Waals surface area (Å²) < 4.78 is 5.54. The number of amides is 1. The van der Waals surface area contributed by atoms with Crippen molar-refractivity contribution < 1.29 is 9.53 Å². The van der Waals surface area contributed by atoms with E-state index in [1.54, 1.807) is 6.07 Å². The van der Waals surface area contributed by atoms with Crippen LogP contribution in [-0.2, 0) is 0 Å². The van der Waals surface area contributed by atoms with Crippen LogP contribution in [0.5, 0.6) is 5.75 Å². The normalized spacial score (nSPS) is 13.8. The number of anilines is 1. The molecule has 6 heteroatoms. The Morgan fingerprint density at radius 2 is 1.96 bits per heavy atom. The monoisotopic (exact) mass is 312 g/mol. The molecule has 1 aromatic carbocycles. The molecule has 0 bridgehead atoms. The summed E-state index contributed by atoms with van der Waals surface area (Å²) in [4.78, 5) is 22.6. The van der Waals surface area contributed by atoms with Gasteiger partial charge in [-0.3, -0.25) is 4.79 Å². The average molecular weight is 312 g/mol. The third-order valence-corrected chi connectivity index (χ3v) is 3.71. The first-order valence-corrected chi connectivity index (χ1v) is 7.86. The SMILES string of the molecule is O=C(NCCOc1ccccc1)c1cc(N2CCCC2)ncn1. The van der Waals surface area contributed by atoms with Crippen molar-refractivity contribution in [2.75, 3.05) is 31.1 Å². The van der Waals surface area contributed by atoms with E-state index in [2.05, 4.69) is 20.2 Å². The van der Waals surface area contributed by atoms with Gasteiger partial charge >= 0.3 is 0 Å². The zero-order valence-electron chi connectivity index (χ0n) is 12.9. The van der Waals surface area contributed by atoms with E-state index in [0.29, 0.717) is 18.8 Å². The van der Waals surface area contributed by atoms with E-state index in [-0.39, 0.29) is 5.91 Å². The average Bonchev–Trinajstić information content (AvgIpc) is 3.14. The lowest BCUT2D eigenvalue weighted by molar-refractivity contribution is 0.0942. The van der Waals surface area contributed by atoms with Gasteiger partial charge in [-0.15, -0.1) is 0 Å². The molecule has 1 aliphatic heterocycles. The molecule has 3 rings (SSSR count). The lowest BCUT2D eigenvalue weighted by atomic mass is 10.3. The number of hydrogen-bond acceptors (Lipinski definition) is 5. The fourth-order valence-electron chi connectivity index (χ4n) is 2.53. The van der Waals surface area contributed by atoms with Crippen LogP contribution in [0.1, 0.15) is 23.3 Å². The molecule has 23 heavy (non-hydrogen) atoms. The molecule has 0 radical (unpaired) electrons. The minimum Gasteiger partial charge on any atom is -0.492 e. The zero-order valence-corrected chi connectivity index (χ0v) is 12.9. The van der Waals surface area contributed by atoms with Gasteiger partial charge in [-0.05, 0) is 25.0 Å². The summed E-state index contributed by atoms with van der Waals surface area (Å²) in [6, 6.07) is 11.3. The van der Waals surface area contributed by atoms with E-state index in [9.17, 15) is 4.79 Å². The molecule has 1 aromatic heterocycles. The van der Waals surface area contributed by atoms with Crippen molar-refractivity contribution in [3.8, 4) is 5.75 Å². The Balaban J connectivity index is 1.49. The van der Waals surface area contributed by atoms with Gasteiger partial charge in [0.15, 0.2) is 0 Å². The molecule has 6 nitrogen and oxygen atoms in total. The Kier molecular flexibility index (Phi) is 5.03. The largest absolute Gasteiger partial charge is 0.492 e. The highest BCUT2D eigenvalue weighted by atomic mass is 16.5. The van der Waals surface area contributed by atoms with E-state index in [1.165, 1.54) is 19.2 Å². The molecule has 1 amide bonds. The van der Waals surface area contributed by atoms with Gasteiger partial charge in [-0.25, -0.2) is 9.97 Å². The Morgan fingerprint density at radius 3 is 2.74 bits per heavy atom. The Labute approximate surface area is 135 Å². The van der Waals surface area contributed by atoms with Crippen LogP contribution in [0.3, 0.4) is 0 Å². The molecular weight excluding hydrogens is 292 g/mol. The number of carbonyl (C=O) groups is 1. The van der Waals surface area contributed by atoms with Gasteiger partial charge < -0.3 is 15.0 Å². The molecular formula is C17H20N4O2. The first-order valence-electron chi connectivity index (χ1n) is 7.86. The zero-order chi connectivity index (χ0) is 15.9. The Bertz CT molecular complexity index is 642. The van der Waals surface area contributed by atoms with Crippen molar-refractivity contribution >= 4 is 11.7 Å². The molecule has 2 heterocycles. The maximum atomic E-state index is 12.1. The molecule has 0 saturated carbocycles. The summed E-state index contributed by atoms with van der Waals surface area (Å²) in [5.41, 5.74) is 0.390. The topological polar surface area (TPSA) is 67.3 Å². The van der Waals surface area contributed by atoms with Gasteiger partial charge in [-0.1, -0.05) is 18.2 Å². The standard InChI is InChI=1S/C17H20N4O2/c22-17(18-8-11-23-14-6-2-1-3-7-14)15-12-16(20-13-19-15)21-9-4-5-10-21/h1-3,6-7,12-13H,4-5,8-11H2,(H,18,22). The van der Waals surface area contributed by atoms with Crippen molar-refractivity contribution in [3.63, 3.8) is 0 Å². The van der Waals surface area contributed by atoms with Gasteiger partial charge in [0.05, 0.1) is 6.54 Å². The van der Waals surface area contributed by atoms with Gasteiger partial charge in [0.25, 0.3) is 5.91 Å². The van der Waals surface area contributed by atoms with E-state index in [4.69, 9.17) is 4.74 Å². The highest BCUT2D eigenvalue weighted by Gasteiger charge is 2.16. The number of para-hydroxylation sites is 1. The van der Waals surface area contributed by atoms with Gasteiger partial charge in [0, 0.05) is 19.2 Å². The van der Waals surface area contributed by atoms with Crippen LogP contribution in [0.4, 0.5) is 5.82 Å². The molecule has 120 valence electrons. The highest BCUT2D eigenvalue weighted by molar-refractivity contribution is 5.92. The van der Waals surface area contributed by atoms with Crippen LogP contribution < -0.4 is 15.0 Å². The van der Waals surface area contributed by atoms with E-state index in [0.717, 1.165) is 24.7 Å². The lowest BCUT2D eigenvalue weighted by Gasteiger charge is -2.16. The minimum atomic E-state index is -0.204. The number of carbonyl (C=O) groups excluding carboxylic acids is 1. The predicted octanol–water partition coefficient (Wildman–Crippen LogP) is 1.89. The van der Waals surface area contributed by atoms with Gasteiger partial charge in [-0.2, -0.15) is 0 Å². The van der Waals surface area contributed by atoms with Crippen LogP contribution in [0.15, 0.2) is 42.7 Å². The van der Waals surface area contributed by atoms with Gasteiger partial charge in [0.2, 0.25) is 0 Å². The van der Waals surface area contributed by atoms with E-state index < -0.39 is 0 Å². The molecule has 0 spiro atoms. The van der Waals surface area contributed by atoms with E-state index >= 15 is 0 Å². The second kappa shape index (κ2) is 7.58. The lowest BCUT2D eigenvalue weighted by Crippen LogP contribution is -2.29. The highest BCUT2D eigenvalue weighted by Crippen LogP contribution is 2.17. The minimum absolute atomic E-state index is 0.204.